The molecule has 19 heavy (non-hydrogen) atoms. The third-order valence-electron chi connectivity index (χ3n) is 3.41. The number of aliphatic carboxylic acids is 1. The predicted octanol–water partition coefficient (Wildman–Crippen LogP) is 2.87. The maximum atomic E-state index is 12.2. The molecule has 0 spiro atoms. The molecule has 0 aromatic heterocycles. The van der Waals surface area contributed by atoms with Gasteiger partial charge in [-0.25, -0.2) is 0 Å². The maximum absolute atomic E-state index is 12.2. The van der Waals surface area contributed by atoms with Gasteiger partial charge in [0.25, 0.3) is 0 Å². The van der Waals surface area contributed by atoms with E-state index >= 15 is 0 Å². The van der Waals surface area contributed by atoms with Crippen molar-refractivity contribution in [3.63, 3.8) is 0 Å². The van der Waals surface area contributed by atoms with Crippen LogP contribution < -0.4 is 10.5 Å². The Morgan fingerprint density at radius 2 is 2.00 bits per heavy atom. The van der Waals surface area contributed by atoms with E-state index in [2.05, 4.69) is 4.74 Å². The molecule has 0 saturated carbocycles. The van der Waals surface area contributed by atoms with Crippen LogP contribution in [0, 0.1) is 5.92 Å². The first kappa shape index (κ1) is 15.2. The molecular weight excluding hydrogens is 256 g/mol. The Kier molecular flexibility index (Phi) is 4.34. The molecule has 0 radical (unpaired) electrons. The number of carboxylic acid groups (broad SMARTS) is 1. The molecule has 0 amide bonds. The summed E-state index contributed by atoms with van der Waals surface area (Å²) < 4.78 is 28.7. The van der Waals surface area contributed by atoms with E-state index in [1.165, 1.54) is 25.1 Å². The van der Waals surface area contributed by atoms with Gasteiger partial charge in [0.05, 0.1) is 5.41 Å². The smallest absolute Gasteiger partial charge is 0.387 e. The standard InChI is InChI=1S/C13H17F2NO3/c1-7(2)13(3,11(17)18)9-6-8(19-12(14)15)4-5-10(9)16/h4-7,12H,16H2,1-3H3,(H,17,18). The monoisotopic (exact) mass is 273 g/mol. The minimum atomic E-state index is -2.97. The van der Waals surface area contributed by atoms with E-state index in [-0.39, 0.29) is 22.9 Å². The summed E-state index contributed by atoms with van der Waals surface area (Å²) in [5.41, 5.74) is 5.01. The lowest BCUT2D eigenvalue weighted by molar-refractivity contribution is -0.144. The summed E-state index contributed by atoms with van der Waals surface area (Å²) >= 11 is 0. The van der Waals surface area contributed by atoms with Gasteiger partial charge in [-0.1, -0.05) is 13.8 Å². The van der Waals surface area contributed by atoms with Crippen LogP contribution in [0.5, 0.6) is 5.75 Å². The first-order valence-electron chi connectivity index (χ1n) is 5.77. The van der Waals surface area contributed by atoms with Crippen molar-refractivity contribution >= 4 is 11.7 Å². The number of nitrogens with two attached hydrogens (primary N) is 1. The third-order valence-corrected chi connectivity index (χ3v) is 3.41. The molecule has 1 aromatic rings. The van der Waals surface area contributed by atoms with E-state index in [0.717, 1.165) is 0 Å². The van der Waals surface area contributed by atoms with Crippen LogP contribution in [0.1, 0.15) is 26.3 Å². The van der Waals surface area contributed by atoms with Crippen LogP contribution in [0.4, 0.5) is 14.5 Å². The van der Waals surface area contributed by atoms with Gasteiger partial charge in [0.2, 0.25) is 0 Å². The van der Waals surface area contributed by atoms with Gasteiger partial charge in [0.1, 0.15) is 5.75 Å². The van der Waals surface area contributed by atoms with Crippen LogP contribution in [0.15, 0.2) is 18.2 Å². The molecule has 0 saturated heterocycles. The molecule has 1 unspecified atom stereocenters. The van der Waals surface area contributed by atoms with Crippen molar-refractivity contribution in [1.29, 1.82) is 0 Å². The van der Waals surface area contributed by atoms with E-state index in [1.54, 1.807) is 13.8 Å². The lowest BCUT2D eigenvalue weighted by Gasteiger charge is -2.31. The first-order chi connectivity index (χ1) is 8.69. The van der Waals surface area contributed by atoms with Gasteiger partial charge in [0.15, 0.2) is 0 Å². The van der Waals surface area contributed by atoms with E-state index in [9.17, 15) is 18.7 Å². The summed E-state index contributed by atoms with van der Waals surface area (Å²) in [7, 11) is 0. The van der Waals surface area contributed by atoms with Gasteiger partial charge in [-0.2, -0.15) is 8.78 Å². The van der Waals surface area contributed by atoms with Gasteiger partial charge in [0, 0.05) is 5.69 Å². The molecule has 6 heteroatoms. The quantitative estimate of drug-likeness (QED) is 0.809. The molecule has 106 valence electrons. The summed E-state index contributed by atoms with van der Waals surface area (Å²) in [6, 6.07) is 3.92. The maximum Gasteiger partial charge on any atom is 0.387 e. The van der Waals surface area contributed by atoms with Gasteiger partial charge in [-0.15, -0.1) is 0 Å². The molecule has 0 aliphatic heterocycles. The van der Waals surface area contributed by atoms with Crippen molar-refractivity contribution in [3.8, 4) is 5.75 Å². The van der Waals surface area contributed by atoms with Crippen LogP contribution in [0.2, 0.25) is 0 Å². The molecule has 0 aliphatic rings. The van der Waals surface area contributed by atoms with Gasteiger partial charge in [-0.05, 0) is 36.6 Å². The molecule has 4 nitrogen and oxygen atoms in total. The van der Waals surface area contributed by atoms with Crippen molar-refractivity contribution in [2.45, 2.75) is 32.8 Å². The highest BCUT2D eigenvalue weighted by atomic mass is 19.3. The number of carboxylic acids is 1. The van der Waals surface area contributed by atoms with Crippen LogP contribution in [0.3, 0.4) is 0 Å². The lowest BCUT2D eigenvalue weighted by atomic mass is 9.72. The number of rotatable bonds is 5. The van der Waals surface area contributed by atoms with Crippen LogP contribution in [0.25, 0.3) is 0 Å². The zero-order chi connectivity index (χ0) is 14.8. The van der Waals surface area contributed by atoms with E-state index < -0.39 is 18.0 Å². The normalized spacial score (nSPS) is 14.5. The molecular formula is C13H17F2NO3. The Morgan fingerprint density at radius 3 is 2.42 bits per heavy atom. The van der Waals surface area contributed by atoms with Crippen molar-refractivity contribution in [2.75, 3.05) is 5.73 Å². The molecule has 0 bridgehead atoms. The van der Waals surface area contributed by atoms with Gasteiger partial charge >= 0.3 is 12.6 Å². The molecule has 1 atom stereocenters. The van der Waals surface area contributed by atoms with Crippen LogP contribution in [-0.2, 0) is 10.2 Å². The molecule has 0 aliphatic carbocycles. The highest BCUT2D eigenvalue weighted by molar-refractivity contribution is 5.83. The summed E-state index contributed by atoms with van der Waals surface area (Å²) in [4.78, 5) is 11.5. The fourth-order valence-electron chi connectivity index (χ4n) is 1.83. The lowest BCUT2D eigenvalue weighted by Crippen LogP contribution is -2.38. The highest BCUT2D eigenvalue weighted by Crippen LogP contribution is 2.38. The number of hydrogen-bond acceptors (Lipinski definition) is 3. The number of halogens is 2. The fourth-order valence-corrected chi connectivity index (χ4v) is 1.83. The zero-order valence-corrected chi connectivity index (χ0v) is 11.0. The van der Waals surface area contributed by atoms with Crippen LogP contribution in [-0.4, -0.2) is 17.7 Å². The summed E-state index contributed by atoms with van der Waals surface area (Å²) in [5, 5.41) is 9.41. The number of anilines is 1. The second-order valence-corrected chi connectivity index (χ2v) is 4.79. The highest BCUT2D eigenvalue weighted by Gasteiger charge is 2.40. The minimum absolute atomic E-state index is 0.104. The Bertz CT molecular complexity index is 477. The van der Waals surface area contributed by atoms with Crippen molar-refractivity contribution < 1.29 is 23.4 Å². The first-order valence-corrected chi connectivity index (χ1v) is 5.77. The van der Waals surface area contributed by atoms with E-state index in [0.29, 0.717) is 0 Å². The Labute approximate surface area is 110 Å². The summed E-state index contributed by atoms with van der Waals surface area (Å²) in [5.74, 6) is -1.44. The van der Waals surface area contributed by atoms with Crippen molar-refractivity contribution in [2.24, 2.45) is 5.92 Å². The largest absolute Gasteiger partial charge is 0.481 e. The number of benzene rings is 1. The van der Waals surface area contributed by atoms with Gasteiger partial charge in [-0.3, -0.25) is 4.79 Å². The summed E-state index contributed by atoms with van der Waals surface area (Å²) in [6.07, 6.45) is 0. The molecule has 1 aromatic carbocycles. The average molecular weight is 273 g/mol. The van der Waals surface area contributed by atoms with Crippen molar-refractivity contribution in [3.05, 3.63) is 23.8 Å². The molecule has 0 heterocycles. The minimum Gasteiger partial charge on any atom is -0.481 e. The number of ether oxygens (including phenoxy) is 1. The molecule has 0 fully saturated rings. The zero-order valence-electron chi connectivity index (χ0n) is 11.0. The van der Waals surface area contributed by atoms with Crippen LogP contribution >= 0.6 is 0 Å². The SMILES string of the molecule is CC(C)C(C)(C(=O)O)c1cc(OC(F)F)ccc1N. The second-order valence-electron chi connectivity index (χ2n) is 4.79. The van der Waals surface area contributed by atoms with E-state index in [4.69, 9.17) is 5.73 Å². The summed E-state index contributed by atoms with van der Waals surface area (Å²) in [6.45, 7) is 2.01. The Morgan fingerprint density at radius 1 is 1.42 bits per heavy atom. The Hall–Kier alpha value is -1.85. The fraction of sp³-hybridized carbons (Fsp3) is 0.462. The topological polar surface area (TPSA) is 72.5 Å². The third kappa shape index (κ3) is 2.94. The van der Waals surface area contributed by atoms with E-state index in [1.807, 2.05) is 0 Å². The number of hydrogen-bond donors (Lipinski definition) is 2. The Balaban J connectivity index is 3.34. The molecule has 1 rings (SSSR count). The number of nitrogen functional groups attached to an aromatic ring is 1. The van der Waals surface area contributed by atoms with Gasteiger partial charge < -0.3 is 15.6 Å². The second kappa shape index (κ2) is 5.42. The van der Waals surface area contributed by atoms with Crippen molar-refractivity contribution in [1.82, 2.24) is 0 Å². The molecule has 3 N–H and O–H groups in total. The average Bonchev–Trinajstić information content (AvgIpc) is 2.29. The predicted molar refractivity (Wildman–Crippen MR) is 67.3 cm³/mol. The number of alkyl halides is 2. The number of carbonyl (C=O) groups is 1.